The monoisotopic (exact) mass is 154 g/mol. The molecule has 0 spiro atoms. The third-order valence-electron chi connectivity index (χ3n) is 1.15. The lowest BCUT2D eigenvalue weighted by Crippen LogP contribution is -2.12. The molecule has 0 unspecified atom stereocenters. The van der Waals surface area contributed by atoms with Crippen molar-refractivity contribution < 1.29 is 4.79 Å². The molecule has 11 heavy (non-hydrogen) atoms. The van der Waals surface area contributed by atoms with E-state index < -0.39 is 5.91 Å². The van der Waals surface area contributed by atoms with E-state index in [4.69, 9.17) is 11.3 Å². The molecule has 0 aliphatic rings. The number of amides is 1. The van der Waals surface area contributed by atoms with Gasteiger partial charge in [0, 0.05) is 17.0 Å². The molecule has 2 N–H and O–H groups in total. The van der Waals surface area contributed by atoms with Crippen LogP contribution in [0.15, 0.2) is 17.3 Å². The molecule has 0 fully saturated rings. The third-order valence-corrected chi connectivity index (χ3v) is 1.15. The number of hydrogen-bond acceptors (Lipinski definition) is 2. The maximum atomic E-state index is 10.4. The Labute approximate surface area is 64.5 Å². The Morgan fingerprint density at radius 2 is 2.36 bits per heavy atom. The van der Waals surface area contributed by atoms with Crippen molar-refractivity contribution >= 4 is 5.91 Å². The standard InChI is InChI=1S/C6H10N4O/c1-5(6(7)11)3-2-4-9-10-8/h1-4H2,(H2,7,11). The number of nitrogens with two attached hydrogens (primary N) is 1. The Hall–Kier alpha value is -1.48. The Morgan fingerprint density at radius 1 is 1.73 bits per heavy atom. The molecule has 0 radical (unpaired) electrons. The molecule has 0 aliphatic carbocycles. The van der Waals surface area contributed by atoms with E-state index >= 15 is 0 Å². The number of hydrogen-bond donors (Lipinski definition) is 1. The fourth-order valence-electron chi connectivity index (χ4n) is 0.531. The summed E-state index contributed by atoms with van der Waals surface area (Å²) < 4.78 is 0. The van der Waals surface area contributed by atoms with Crippen LogP contribution >= 0.6 is 0 Å². The van der Waals surface area contributed by atoms with E-state index in [0.717, 1.165) is 0 Å². The van der Waals surface area contributed by atoms with Gasteiger partial charge >= 0.3 is 0 Å². The molecule has 0 bridgehead atoms. The van der Waals surface area contributed by atoms with E-state index in [1.165, 1.54) is 0 Å². The van der Waals surface area contributed by atoms with Crippen LogP contribution in [-0.2, 0) is 4.79 Å². The molecule has 0 atom stereocenters. The summed E-state index contributed by atoms with van der Waals surface area (Å²) in [6, 6.07) is 0. The Balaban J connectivity index is 3.47. The molecule has 5 nitrogen and oxygen atoms in total. The van der Waals surface area contributed by atoms with Crippen LogP contribution in [0.4, 0.5) is 0 Å². The first kappa shape index (κ1) is 9.52. The minimum Gasteiger partial charge on any atom is -0.366 e. The molecule has 5 heteroatoms. The molecule has 0 aliphatic heterocycles. The van der Waals surface area contributed by atoms with Crippen LogP contribution in [0.3, 0.4) is 0 Å². The van der Waals surface area contributed by atoms with Crippen LogP contribution in [0.5, 0.6) is 0 Å². The van der Waals surface area contributed by atoms with E-state index in [1.54, 1.807) is 0 Å². The summed E-state index contributed by atoms with van der Waals surface area (Å²) in [6.07, 6.45) is 1.11. The van der Waals surface area contributed by atoms with Gasteiger partial charge in [-0.1, -0.05) is 11.7 Å². The van der Waals surface area contributed by atoms with Crippen molar-refractivity contribution in [1.82, 2.24) is 0 Å². The van der Waals surface area contributed by atoms with Crippen molar-refractivity contribution in [3.05, 3.63) is 22.6 Å². The lowest BCUT2D eigenvalue weighted by atomic mass is 10.1. The van der Waals surface area contributed by atoms with Crippen molar-refractivity contribution in [3.63, 3.8) is 0 Å². The number of carbonyl (C=O) groups excluding carboxylic acids is 1. The van der Waals surface area contributed by atoms with Crippen LogP contribution in [0.25, 0.3) is 10.4 Å². The van der Waals surface area contributed by atoms with Gasteiger partial charge in [-0.2, -0.15) is 0 Å². The van der Waals surface area contributed by atoms with Gasteiger partial charge < -0.3 is 5.73 Å². The van der Waals surface area contributed by atoms with Gasteiger partial charge in [-0.05, 0) is 18.4 Å². The van der Waals surface area contributed by atoms with Gasteiger partial charge in [0.25, 0.3) is 0 Å². The number of carbonyl (C=O) groups is 1. The predicted molar refractivity (Wildman–Crippen MR) is 41.6 cm³/mol. The zero-order chi connectivity index (χ0) is 8.69. The largest absolute Gasteiger partial charge is 0.366 e. The van der Waals surface area contributed by atoms with Gasteiger partial charge in [0.05, 0.1) is 0 Å². The number of primary amides is 1. The van der Waals surface area contributed by atoms with Crippen molar-refractivity contribution in [2.75, 3.05) is 6.54 Å². The van der Waals surface area contributed by atoms with Crippen molar-refractivity contribution in [2.45, 2.75) is 12.8 Å². The quantitative estimate of drug-likeness (QED) is 0.207. The van der Waals surface area contributed by atoms with Gasteiger partial charge in [0.1, 0.15) is 0 Å². The fraction of sp³-hybridized carbons (Fsp3) is 0.500. The second kappa shape index (κ2) is 5.32. The van der Waals surface area contributed by atoms with Gasteiger partial charge in [0.2, 0.25) is 5.91 Å². The average Bonchev–Trinajstić information content (AvgIpc) is 1.97. The number of nitrogens with zero attached hydrogens (tertiary/aromatic N) is 3. The maximum absolute atomic E-state index is 10.4. The molecule has 0 saturated heterocycles. The maximum Gasteiger partial charge on any atom is 0.244 e. The van der Waals surface area contributed by atoms with Gasteiger partial charge in [-0.15, -0.1) is 0 Å². The summed E-state index contributed by atoms with van der Waals surface area (Å²) in [6.45, 7) is 3.82. The highest BCUT2D eigenvalue weighted by atomic mass is 16.1. The summed E-state index contributed by atoms with van der Waals surface area (Å²) in [5.74, 6) is -0.495. The molecule has 0 aromatic carbocycles. The van der Waals surface area contributed by atoms with E-state index in [2.05, 4.69) is 16.6 Å². The van der Waals surface area contributed by atoms with Crippen LogP contribution < -0.4 is 5.73 Å². The minimum absolute atomic E-state index is 0.373. The first-order chi connectivity index (χ1) is 5.18. The molecular formula is C6H10N4O. The predicted octanol–water partition coefficient (Wildman–Crippen LogP) is 1.12. The zero-order valence-electron chi connectivity index (χ0n) is 6.16. The van der Waals surface area contributed by atoms with Gasteiger partial charge in [-0.3, -0.25) is 4.79 Å². The summed E-state index contributed by atoms with van der Waals surface area (Å²) in [5, 5.41) is 3.29. The molecular weight excluding hydrogens is 144 g/mol. The lowest BCUT2D eigenvalue weighted by molar-refractivity contribution is -0.114. The summed E-state index contributed by atoms with van der Waals surface area (Å²) in [7, 11) is 0. The molecule has 0 rings (SSSR count). The topological polar surface area (TPSA) is 91.8 Å². The van der Waals surface area contributed by atoms with E-state index in [0.29, 0.717) is 25.0 Å². The molecule has 0 aromatic rings. The summed E-state index contributed by atoms with van der Waals surface area (Å²) in [5.41, 5.74) is 13.2. The molecule has 0 heterocycles. The van der Waals surface area contributed by atoms with Gasteiger partial charge in [-0.25, -0.2) is 0 Å². The zero-order valence-corrected chi connectivity index (χ0v) is 6.16. The fourth-order valence-corrected chi connectivity index (χ4v) is 0.531. The third kappa shape index (κ3) is 4.99. The SMILES string of the molecule is C=C(CCCN=[N+]=[N-])C(N)=O. The highest BCUT2D eigenvalue weighted by molar-refractivity contribution is 5.91. The van der Waals surface area contributed by atoms with Crippen LogP contribution in [-0.4, -0.2) is 12.5 Å². The van der Waals surface area contributed by atoms with Crippen molar-refractivity contribution in [1.29, 1.82) is 0 Å². The second-order valence-electron chi connectivity index (χ2n) is 2.03. The highest BCUT2D eigenvalue weighted by Crippen LogP contribution is 2.00. The molecule has 0 aromatic heterocycles. The normalized spacial score (nSPS) is 8.36. The van der Waals surface area contributed by atoms with Crippen molar-refractivity contribution in [3.8, 4) is 0 Å². The minimum atomic E-state index is -0.495. The first-order valence-corrected chi connectivity index (χ1v) is 3.17. The Kier molecular flexibility index (Phi) is 4.60. The van der Waals surface area contributed by atoms with Crippen LogP contribution in [0, 0.1) is 0 Å². The highest BCUT2D eigenvalue weighted by Gasteiger charge is 1.98. The average molecular weight is 154 g/mol. The Bertz CT molecular complexity index is 205. The van der Waals surface area contributed by atoms with E-state index in [9.17, 15) is 4.79 Å². The van der Waals surface area contributed by atoms with Gasteiger partial charge in [0.15, 0.2) is 0 Å². The summed E-state index contributed by atoms with van der Waals surface area (Å²) >= 11 is 0. The van der Waals surface area contributed by atoms with Crippen LogP contribution in [0.2, 0.25) is 0 Å². The van der Waals surface area contributed by atoms with E-state index in [1.807, 2.05) is 0 Å². The first-order valence-electron chi connectivity index (χ1n) is 3.17. The lowest BCUT2D eigenvalue weighted by Gasteiger charge is -1.96. The van der Waals surface area contributed by atoms with Crippen molar-refractivity contribution in [2.24, 2.45) is 10.8 Å². The Morgan fingerprint density at radius 3 is 2.82 bits per heavy atom. The van der Waals surface area contributed by atoms with E-state index in [-0.39, 0.29) is 0 Å². The number of rotatable bonds is 5. The van der Waals surface area contributed by atoms with Crippen LogP contribution in [0.1, 0.15) is 12.8 Å². The molecule has 60 valence electrons. The smallest absolute Gasteiger partial charge is 0.244 e. The second-order valence-corrected chi connectivity index (χ2v) is 2.03. The number of azide groups is 1. The summed E-state index contributed by atoms with van der Waals surface area (Å²) in [4.78, 5) is 12.9. The molecule has 1 amide bonds. The molecule has 0 saturated carbocycles.